The Morgan fingerprint density at radius 2 is 1.80 bits per heavy atom. The van der Waals surface area contributed by atoms with E-state index in [0.717, 1.165) is 11.4 Å². The first-order valence-corrected chi connectivity index (χ1v) is 7.76. The number of nitrogens with one attached hydrogen (secondary N) is 1. The highest BCUT2D eigenvalue weighted by Crippen LogP contribution is 2.21. The highest BCUT2D eigenvalue weighted by molar-refractivity contribution is 6.05. The molecule has 0 radical (unpaired) electrons. The number of hydrogen-bond acceptors (Lipinski definition) is 2. The molecule has 2 aromatic carbocycles. The first kappa shape index (κ1) is 16.8. The van der Waals surface area contributed by atoms with E-state index in [1.54, 1.807) is 19.1 Å². The summed E-state index contributed by atoms with van der Waals surface area (Å²) in [7, 11) is 0. The number of hydrogen-bond donors (Lipinski definition) is 1. The summed E-state index contributed by atoms with van der Waals surface area (Å²) in [6.07, 6.45) is 0. The van der Waals surface area contributed by atoms with E-state index in [1.807, 2.05) is 19.9 Å². The second kappa shape index (κ2) is 6.47. The van der Waals surface area contributed by atoms with E-state index < -0.39 is 17.5 Å². The average Bonchev–Trinajstić information content (AvgIpc) is 2.85. The van der Waals surface area contributed by atoms with Crippen LogP contribution >= 0.6 is 0 Å². The molecule has 1 N–H and O–H groups in total. The lowest BCUT2D eigenvalue weighted by Gasteiger charge is -2.10. The van der Waals surface area contributed by atoms with Crippen LogP contribution in [0.4, 0.5) is 14.5 Å². The molecule has 1 amide bonds. The summed E-state index contributed by atoms with van der Waals surface area (Å²) < 4.78 is 29.1. The van der Waals surface area contributed by atoms with Gasteiger partial charge in [-0.3, -0.25) is 4.79 Å². The third-order valence-corrected chi connectivity index (χ3v) is 3.88. The van der Waals surface area contributed by atoms with Crippen molar-refractivity contribution in [3.8, 4) is 5.69 Å². The summed E-state index contributed by atoms with van der Waals surface area (Å²) in [5.41, 5.74) is 3.08. The Morgan fingerprint density at radius 3 is 2.40 bits per heavy atom. The Balaban J connectivity index is 1.86. The van der Waals surface area contributed by atoms with Gasteiger partial charge >= 0.3 is 0 Å². The van der Waals surface area contributed by atoms with Crippen LogP contribution in [0.5, 0.6) is 0 Å². The predicted molar refractivity (Wildman–Crippen MR) is 92.1 cm³/mol. The minimum atomic E-state index is -0.500. The van der Waals surface area contributed by atoms with Crippen LogP contribution in [0.25, 0.3) is 5.69 Å². The number of carbonyl (C=O) groups is 1. The molecule has 1 heterocycles. The number of rotatable bonds is 3. The lowest BCUT2D eigenvalue weighted by Crippen LogP contribution is -2.14. The van der Waals surface area contributed by atoms with Crippen molar-refractivity contribution in [2.45, 2.75) is 20.8 Å². The molecule has 0 saturated heterocycles. The van der Waals surface area contributed by atoms with Crippen molar-refractivity contribution >= 4 is 11.6 Å². The fourth-order valence-electron chi connectivity index (χ4n) is 2.71. The van der Waals surface area contributed by atoms with Gasteiger partial charge in [0, 0.05) is 16.9 Å². The summed E-state index contributed by atoms with van der Waals surface area (Å²) >= 11 is 0. The maximum atomic E-state index is 14.4. The smallest absolute Gasteiger partial charge is 0.255 e. The fraction of sp³-hybridized carbons (Fsp3) is 0.158. The van der Waals surface area contributed by atoms with Gasteiger partial charge in [0.15, 0.2) is 5.82 Å². The van der Waals surface area contributed by atoms with Crippen molar-refractivity contribution < 1.29 is 13.6 Å². The molecule has 0 spiro atoms. The molecular weight excluding hydrogens is 324 g/mol. The number of nitrogens with zero attached hydrogens (tertiary/aromatic N) is 2. The van der Waals surface area contributed by atoms with E-state index in [-0.39, 0.29) is 0 Å². The maximum absolute atomic E-state index is 14.4. The first-order valence-electron chi connectivity index (χ1n) is 7.76. The van der Waals surface area contributed by atoms with E-state index in [2.05, 4.69) is 10.4 Å². The predicted octanol–water partition coefficient (Wildman–Crippen LogP) is 4.33. The lowest BCUT2D eigenvalue weighted by molar-refractivity contribution is 0.102. The normalized spacial score (nSPS) is 10.8. The molecule has 6 heteroatoms. The number of benzene rings is 2. The van der Waals surface area contributed by atoms with Gasteiger partial charge in [-0.05, 0) is 68.8 Å². The molecule has 3 aromatic rings. The van der Waals surface area contributed by atoms with Gasteiger partial charge in [0.1, 0.15) is 11.5 Å². The Labute approximate surface area is 144 Å². The number of halogens is 2. The largest absolute Gasteiger partial charge is 0.322 e. The topological polar surface area (TPSA) is 46.9 Å². The molecule has 3 rings (SSSR count). The molecule has 0 unspecified atom stereocenters. The van der Waals surface area contributed by atoms with Gasteiger partial charge < -0.3 is 5.32 Å². The van der Waals surface area contributed by atoms with Crippen LogP contribution in [-0.2, 0) is 0 Å². The molecule has 1 aromatic heterocycles. The molecule has 0 bridgehead atoms. The second-order valence-electron chi connectivity index (χ2n) is 5.92. The molecule has 0 aliphatic rings. The number of carbonyl (C=O) groups excluding carboxylic acids is 1. The third-order valence-electron chi connectivity index (χ3n) is 3.88. The minimum Gasteiger partial charge on any atom is -0.322 e. The Bertz CT molecular complexity index is 963. The zero-order chi connectivity index (χ0) is 18.1. The maximum Gasteiger partial charge on any atom is 0.255 e. The number of amides is 1. The van der Waals surface area contributed by atoms with Crippen LogP contribution in [0.1, 0.15) is 27.3 Å². The van der Waals surface area contributed by atoms with E-state index in [4.69, 9.17) is 0 Å². The highest BCUT2D eigenvalue weighted by Gasteiger charge is 2.13. The van der Waals surface area contributed by atoms with Crippen LogP contribution in [0, 0.1) is 32.4 Å². The zero-order valence-corrected chi connectivity index (χ0v) is 14.1. The standard InChI is InChI=1S/C19H17F2N3O/c1-11-8-14(20)4-6-16(11)19(25)22-15-5-7-18(17(21)10-15)24-13(3)9-12(2)23-24/h4-10H,1-3H3,(H,22,25). The third kappa shape index (κ3) is 3.42. The van der Waals surface area contributed by atoms with Gasteiger partial charge in [0.05, 0.1) is 5.69 Å². The van der Waals surface area contributed by atoms with Gasteiger partial charge in [-0.2, -0.15) is 5.10 Å². The van der Waals surface area contributed by atoms with Crippen LogP contribution in [0.2, 0.25) is 0 Å². The summed E-state index contributed by atoms with van der Waals surface area (Å²) in [6.45, 7) is 5.32. The van der Waals surface area contributed by atoms with Gasteiger partial charge in [-0.25, -0.2) is 13.5 Å². The molecule has 25 heavy (non-hydrogen) atoms. The molecule has 0 saturated carbocycles. The van der Waals surface area contributed by atoms with Gasteiger partial charge in [-0.15, -0.1) is 0 Å². The van der Waals surface area contributed by atoms with Crippen molar-refractivity contribution in [1.82, 2.24) is 9.78 Å². The van der Waals surface area contributed by atoms with Crippen LogP contribution < -0.4 is 5.32 Å². The molecule has 0 aliphatic carbocycles. The molecule has 0 atom stereocenters. The Morgan fingerprint density at radius 1 is 1.04 bits per heavy atom. The van der Waals surface area contributed by atoms with E-state index in [0.29, 0.717) is 22.5 Å². The Kier molecular flexibility index (Phi) is 4.35. The fourth-order valence-corrected chi connectivity index (χ4v) is 2.71. The van der Waals surface area contributed by atoms with Crippen LogP contribution in [0.3, 0.4) is 0 Å². The minimum absolute atomic E-state index is 0.307. The molecule has 0 aliphatic heterocycles. The molecule has 128 valence electrons. The first-order chi connectivity index (χ1) is 11.8. The van der Waals surface area contributed by atoms with E-state index in [1.165, 1.54) is 28.9 Å². The second-order valence-corrected chi connectivity index (χ2v) is 5.92. The van der Waals surface area contributed by atoms with Crippen molar-refractivity contribution in [2.24, 2.45) is 0 Å². The molecule has 4 nitrogen and oxygen atoms in total. The van der Waals surface area contributed by atoms with Crippen molar-refractivity contribution in [2.75, 3.05) is 5.32 Å². The van der Waals surface area contributed by atoms with E-state index in [9.17, 15) is 13.6 Å². The van der Waals surface area contributed by atoms with Gasteiger partial charge in [0.25, 0.3) is 5.91 Å². The van der Waals surface area contributed by atoms with E-state index >= 15 is 0 Å². The average molecular weight is 341 g/mol. The zero-order valence-electron chi connectivity index (χ0n) is 14.1. The number of aryl methyl sites for hydroxylation is 3. The molecular formula is C19H17F2N3O. The molecule has 0 fully saturated rings. The quantitative estimate of drug-likeness (QED) is 0.771. The SMILES string of the molecule is Cc1cc(C)n(-c2ccc(NC(=O)c3ccc(F)cc3C)cc2F)n1. The number of aromatic nitrogens is 2. The summed E-state index contributed by atoms with van der Waals surface area (Å²) in [6, 6.07) is 10.2. The van der Waals surface area contributed by atoms with Crippen LogP contribution in [-0.4, -0.2) is 15.7 Å². The van der Waals surface area contributed by atoms with Crippen molar-refractivity contribution in [3.05, 3.63) is 76.6 Å². The summed E-state index contributed by atoms with van der Waals surface area (Å²) in [5, 5.41) is 6.88. The van der Waals surface area contributed by atoms with Crippen LogP contribution in [0.15, 0.2) is 42.5 Å². The van der Waals surface area contributed by atoms with Crippen molar-refractivity contribution in [3.63, 3.8) is 0 Å². The monoisotopic (exact) mass is 341 g/mol. The summed E-state index contributed by atoms with van der Waals surface area (Å²) in [4.78, 5) is 12.3. The Hall–Kier alpha value is -3.02. The number of anilines is 1. The van der Waals surface area contributed by atoms with Gasteiger partial charge in [0.2, 0.25) is 0 Å². The lowest BCUT2D eigenvalue weighted by atomic mass is 10.1. The van der Waals surface area contributed by atoms with Crippen molar-refractivity contribution in [1.29, 1.82) is 0 Å². The summed E-state index contributed by atoms with van der Waals surface area (Å²) in [5.74, 6) is -1.33. The van der Waals surface area contributed by atoms with Gasteiger partial charge in [-0.1, -0.05) is 0 Å². The highest BCUT2D eigenvalue weighted by atomic mass is 19.1.